The van der Waals surface area contributed by atoms with Crippen LogP contribution in [0.4, 0.5) is 5.82 Å². The molecule has 5 fully saturated rings. The average Bonchev–Trinajstić information content (AvgIpc) is 3.02. The van der Waals surface area contributed by atoms with Crippen LogP contribution in [0, 0.1) is 29.6 Å². The van der Waals surface area contributed by atoms with Crippen molar-refractivity contribution in [3.05, 3.63) is 10.7 Å². The summed E-state index contributed by atoms with van der Waals surface area (Å²) in [5.74, 6) is 3.67. The summed E-state index contributed by atoms with van der Waals surface area (Å²) in [7, 11) is 3.94. The molecule has 0 spiro atoms. The van der Waals surface area contributed by atoms with E-state index in [0.29, 0.717) is 40.8 Å². The number of halogens is 1. The molecule has 1 saturated heterocycles. The molecule has 4 aliphatic carbocycles. The third-order valence-electron chi connectivity index (χ3n) is 8.78. The Balaban J connectivity index is 1.25. The van der Waals surface area contributed by atoms with E-state index in [1.807, 2.05) is 7.05 Å². The van der Waals surface area contributed by atoms with Gasteiger partial charge >= 0.3 is 0 Å². The second kappa shape index (κ2) is 8.35. The summed E-state index contributed by atoms with van der Waals surface area (Å²) in [5, 5.41) is 19.3. The first-order valence-corrected chi connectivity index (χ1v) is 12.6. The molecule has 0 radical (unpaired) electrons. The van der Waals surface area contributed by atoms with E-state index >= 15 is 0 Å². The number of aryl methyl sites for hydroxylation is 1. The first-order chi connectivity index (χ1) is 14.8. The van der Waals surface area contributed by atoms with E-state index in [1.54, 1.807) is 4.68 Å². The Morgan fingerprint density at radius 1 is 1.26 bits per heavy atom. The van der Waals surface area contributed by atoms with Crippen LogP contribution in [-0.4, -0.2) is 53.0 Å². The summed E-state index contributed by atoms with van der Waals surface area (Å²) in [4.78, 5) is 15.4. The molecule has 2 unspecified atom stereocenters. The van der Waals surface area contributed by atoms with Crippen molar-refractivity contribution in [2.75, 3.05) is 31.6 Å². The minimum Gasteiger partial charge on any atom is -0.390 e. The quantitative estimate of drug-likeness (QED) is 0.623. The predicted molar refractivity (Wildman–Crippen MR) is 123 cm³/mol. The Bertz CT molecular complexity index is 818. The van der Waals surface area contributed by atoms with Gasteiger partial charge in [0, 0.05) is 27.1 Å². The number of aliphatic hydroxyl groups is 1. The van der Waals surface area contributed by atoms with E-state index in [-0.39, 0.29) is 5.78 Å². The van der Waals surface area contributed by atoms with Crippen LogP contribution in [0.25, 0.3) is 0 Å². The van der Waals surface area contributed by atoms with E-state index in [1.165, 1.54) is 25.7 Å². The number of hydrogen-bond acceptors (Lipinski definition) is 5. The molecule has 31 heavy (non-hydrogen) atoms. The van der Waals surface area contributed by atoms with Crippen LogP contribution in [-0.2, 0) is 7.05 Å². The fourth-order valence-electron chi connectivity index (χ4n) is 7.47. The highest BCUT2D eigenvalue weighted by molar-refractivity contribution is 6.36. The summed E-state index contributed by atoms with van der Waals surface area (Å²) in [6.45, 7) is 3.14. The zero-order valence-corrected chi connectivity index (χ0v) is 19.7. The minimum absolute atomic E-state index is 0.0723. The van der Waals surface area contributed by atoms with Gasteiger partial charge in [0.05, 0.1) is 5.60 Å². The van der Waals surface area contributed by atoms with E-state index in [0.717, 1.165) is 57.1 Å². The highest BCUT2D eigenvalue weighted by Crippen LogP contribution is 2.59. The zero-order chi connectivity index (χ0) is 21.8. The van der Waals surface area contributed by atoms with Crippen molar-refractivity contribution >= 4 is 23.2 Å². The third-order valence-corrected chi connectivity index (χ3v) is 9.12. The second-order valence-electron chi connectivity index (χ2n) is 11.0. The van der Waals surface area contributed by atoms with E-state index in [4.69, 9.17) is 11.6 Å². The van der Waals surface area contributed by atoms with Crippen molar-refractivity contribution < 1.29 is 9.90 Å². The van der Waals surface area contributed by atoms with Crippen molar-refractivity contribution in [1.82, 2.24) is 15.1 Å². The smallest absolute Gasteiger partial charge is 0.184 e. The highest BCUT2D eigenvalue weighted by Gasteiger charge is 2.54. The number of carbonyl (C=O) groups excluding carboxylic acids is 1. The van der Waals surface area contributed by atoms with Crippen LogP contribution >= 0.6 is 11.6 Å². The number of carbonyl (C=O) groups is 1. The molecule has 4 saturated carbocycles. The number of Topliss-reactive ketones (excluding diaryl/α,β-unsaturated/α-hetero) is 1. The topological polar surface area (TPSA) is 70.4 Å². The number of piperidine rings is 1. The summed E-state index contributed by atoms with van der Waals surface area (Å²) in [6, 6.07) is 0. The van der Waals surface area contributed by atoms with Crippen LogP contribution in [0.1, 0.15) is 68.3 Å². The molecule has 2 atom stereocenters. The van der Waals surface area contributed by atoms with Gasteiger partial charge in [-0.1, -0.05) is 11.6 Å². The van der Waals surface area contributed by atoms with Gasteiger partial charge < -0.3 is 15.3 Å². The van der Waals surface area contributed by atoms with Gasteiger partial charge in [-0.05, 0) is 94.0 Å². The fraction of sp³-hybridized carbons (Fsp3) is 0.833. The maximum Gasteiger partial charge on any atom is 0.184 e. The van der Waals surface area contributed by atoms with Crippen LogP contribution in [0.3, 0.4) is 0 Å². The molecule has 0 aromatic carbocycles. The average molecular weight is 449 g/mol. The maximum atomic E-state index is 13.3. The van der Waals surface area contributed by atoms with E-state index in [2.05, 4.69) is 22.4 Å². The Hall–Kier alpha value is -1.11. The molecular formula is C24H37ClN4O2. The van der Waals surface area contributed by atoms with Gasteiger partial charge in [0.15, 0.2) is 5.78 Å². The summed E-state index contributed by atoms with van der Waals surface area (Å²) in [5.41, 5.74) is -0.0245. The van der Waals surface area contributed by atoms with Crippen LogP contribution in [0.2, 0.25) is 5.02 Å². The summed E-state index contributed by atoms with van der Waals surface area (Å²) >= 11 is 6.74. The highest BCUT2D eigenvalue weighted by atomic mass is 35.5. The molecule has 1 aromatic rings. The third kappa shape index (κ3) is 4.16. The number of nitrogens with one attached hydrogen (secondary N) is 1. The second-order valence-corrected chi connectivity index (χ2v) is 11.4. The maximum absolute atomic E-state index is 13.3. The van der Waals surface area contributed by atoms with Crippen molar-refractivity contribution in [2.45, 2.75) is 63.4 Å². The molecule has 5 aliphatic rings. The SMILES string of the molecule is CN(CCC1CCNCC1)c1c(Cl)c(C(=O)CC2C3CC4CC2CC(O)(C4)C3)nn1C. The van der Waals surface area contributed by atoms with E-state index in [9.17, 15) is 9.90 Å². The van der Waals surface area contributed by atoms with Crippen molar-refractivity contribution in [3.63, 3.8) is 0 Å². The van der Waals surface area contributed by atoms with Gasteiger partial charge in [-0.15, -0.1) is 0 Å². The molecule has 1 aromatic heterocycles. The normalized spacial score (nSPS) is 35.0. The first-order valence-electron chi connectivity index (χ1n) is 12.2. The van der Waals surface area contributed by atoms with E-state index < -0.39 is 5.60 Å². The largest absolute Gasteiger partial charge is 0.390 e. The predicted octanol–water partition coefficient (Wildman–Crippen LogP) is 3.66. The molecule has 6 rings (SSSR count). The Morgan fingerprint density at radius 3 is 2.58 bits per heavy atom. The lowest BCUT2D eigenvalue weighted by atomic mass is 9.49. The number of anilines is 1. The lowest BCUT2D eigenvalue weighted by Gasteiger charge is -2.58. The van der Waals surface area contributed by atoms with Crippen LogP contribution < -0.4 is 10.2 Å². The van der Waals surface area contributed by atoms with Gasteiger partial charge in [-0.2, -0.15) is 5.10 Å². The van der Waals surface area contributed by atoms with Crippen molar-refractivity contribution in [2.24, 2.45) is 36.6 Å². The number of rotatable bonds is 7. The van der Waals surface area contributed by atoms with Crippen LogP contribution in [0.5, 0.6) is 0 Å². The summed E-state index contributed by atoms with van der Waals surface area (Å²) < 4.78 is 1.78. The summed E-state index contributed by atoms with van der Waals surface area (Å²) in [6.07, 6.45) is 9.20. The molecule has 1 aliphatic heterocycles. The Kier molecular flexibility index (Phi) is 5.85. The fourth-order valence-corrected chi connectivity index (χ4v) is 7.87. The molecular weight excluding hydrogens is 412 g/mol. The number of ketones is 1. The van der Waals surface area contributed by atoms with Crippen LogP contribution in [0.15, 0.2) is 0 Å². The molecule has 6 nitrogen and oxygen atoms in total. The molecule has 4 bridgehead atoms. The number of aromatic nitrogens is 2. The molecule has 2 heterocycles. The minimum atomic E-state index is -0.455. The monoisotopic (exact) mass is 448 g/mol. The number of hydrogen-bond donors (Lipinski definition) is 2. The van der Waals surface area contributed by atoms with Gasteiger partial charge in [0.25, 0.3) is 0 Å². The first kappa shape index (κ1) is 21.7. The van der Waals surface area contributed by atoms with Gasteiger partial charge in [0.1, 0.15) is 16.5 Å². The lowest BCUT2D eigenvalue weighted by Crippen LogP contribution is -2.54. The standard InChI is InChI=1S/C24H37ClN4O2/c1-28(8-5-15-3-6-26-7-4-15)23-21(25)22(27-29(23)2)20(30)11-19-17-9-16-10-18(19)14-24(31,12-16)13-17/h15-19,26,31H,3-14H2,1-2H3. The van der Waals surface area contributed by atoms with Crippen molar-refractivity contribution in [3.8, 4) is 0 Å². The Labute approximate surface area is 190 Å². The lowest BCUT2D eigenvalue weighted by molar-refractivity contribution is -0.151. The molecule has 172 valence electrons. The molecule has 2 N–H and O–H groups in total. The van der Waals surface area contributed by atoms with Gasteiger partial charge in [-0.25, -0.2) is 0 Å². The Morgan fingerprint density at radius 2 is 1.94 bits per heavy atom. The van der Waals surface area contributed by atoms with Crippen molar-refractivity contribution in [1.29, 1.82) is 0 Å². The molecule has 7 heteroatoms. The number of nitrogens with zero attached hydrogens (tertiary/aromatic N) is 3. The van der Waals surface area contributed by atoms with Gasteiger partial charge in [0.2, 0.25) is 0 Å². The zero-order valence-electron chi connectivity index (χ0n) is 18.9. The molecule has 0 amide bonds. The van der Waals surface area contributed by atoms with Gasteiger partial charge in [-0.3, -0.25) is 9.48 Å².